The zero-order valence-corrected chi connectivity index (χ0v) is 16.1. The van der Waals surface area contributed by atoms with Crippen molar-refractivity contribution in [2.24, 2.45) is 0 Å². The van der Waals surface area contributed by atoms with Crippen LogP contribution in [-0.2, 0) is 9.59 Å². The number of rotatable bonds is 11. The number of unbranched alkanes of at least 4 members (excludes halogenated alkanes) is 4. The number of carbonyl (C=O) groups excluding carboxylic acids is 2. The van der Waals surface area contributed by atoms with Gasteiger partial charge in [0.05, 0.1) is 6.04 Å². The molecule has 26 heavy (non-hydrogen) atoms. The number of hydrogen-bond acceptors (Lipinski definition) is 4. The van der Waals surface area contributed by atoms with Crippen LogP contribution in [0.3, 0.4) is 0 Å². The number of nitrogens with zero attached hydrogens (tertiary/aromatic N) is 2. The van der Waals surface area contributed by atoms with Crippen LogP contribution in [0.5, 0.6) is 0 Å². The number of aromatic nitrogens is 1. The first-order valence-electron chi connectivity index (χ1n) is 10.2. The molecule has 1 aliphatic rings. The lowest BCUT2D eigenvalue weighted by Crippen LogP contribution is -2.42. The number of pyridine rings is 1. The van der Waals surface area contributed by atoms with Crippen molar-refractivity contribution in [2.45, 2.75) is 70.8 Å². The highest BCUT2D eigenvalue weighted by atomic mass is 16.2. The average Bonchev–Trinajstić information content (AvgIpc) is 2.69. The van der Waals surface area contributed by atoms with E-state index in [1.54, 1.807) is 6.20 Å². The molecule has 1 aromatic heterocycles. The highest BCUT2D eigenvalue weighted by Crippen LogP contribution is 2.23. The number of amides is 1. The molecule has 5 heteroatoms. The van der Waals surface area contributed by atoms with E-state index in [0.29, 0.717) is 13.0 Å². The minimum Gasteiger partial charge on any atom is -0.348 e. The van der Waals surface area contributed by atoms with Crippen molar-refractivity contribution in [1.29, 1.82) is 0 Å². The maximum Gasteiger partial charge on any atom is 0.287 e. The van der Waals surface area contributed by atoms with Crippen molar-refractivity contribution in [3.8, 4) is 0 Å². The molecule has 1 fully saturated rings. The lowest BCUT2D eigenvalue weighted by atomic mass is 10.0. The summed E-state index contributed by atoms with van der Waals surface area (Å²) in [6, 6.07) is 4.06. The number of nitrogens with one attached hydrogen (secondary N) is 1. The van der Waals surface area contributed by atoms with Gasteiger partial charge in [-0.1, -0.05) is 45.1 Å². The van der Waals surface area contributed by atoms with Crippen molar-refractivity contribution in [3.63, 3.8) is 0 Å². The van der Waals surface area contributed by atoms with Gasteiger partial charge >= 0.3 is 0 Å². The molecule has 5 nitrogen and oxygen atoms in total. The maximum atomic E-state index is 12.2. The minimum atomic E-state index is -0.439. The molecule has 0 radical (unpaired) electrons. The van der Waals surface area contributed by atoms with Crippen LogP contribution in [-0.4, -0.2) is 41.2 Å². The van der Waals surface area contributed by atoms with E-state index >= 15 is 0 Å². The van der Waals surface area contributed by atoms with Crippen molar-refractivity contribution in [2.75, 3.05) is 19.6 Å². The van der Waals surface area contributed by atoms with Gasteiger partial charge in [0.1, 0.15) is 0 Å². The Labute approximate surface area is 157 Å². The maximum absolute atomic E-state index is 12.2. The second kappa shape index (κ2) is 11.8. The van der Waals surface area contributed by atoms with Gasteiger partial charge < -0.3 is 5.32 Å². The lowest BCUT2D eigenvalue weighted by molar-refractivity contribution is -0.138. The molecule has 0 bridgehead atoms. The largest absolute Gasteiger partial charge is 0.348 e. The average molecular weight is 360 g/mol. The molecule has 1 atom stereocenters. The summed E-state index contributed by atoms with van der Waals surface area (Å²) >= 11 is 0. The van der Waals surface area contributed by atoms with Crippen molar-refractivity contribution in [1.82, 2.24) is 15.2 Å². The van der Waals surface area contributed by atoms with Crippen LogP contribution in [0.25, 0.3) is 0 Å². The normalized spacial score (nSPS) is 16.2. The molecule has 2 rings (SSSR count). The summed E-state index contributed by atoms with van der Waals surface area (Å²) in [4.78, 5) is 30.9. The second-order valence-electron chi connectivity index (χ2n) is 7.20. The highest BCUT2D eigenvalue weighted by molar-refractivity contribution is 6.36. The molecule has 0 aliphatic carbocycles. The zero-order valence-electron chi connectivity index (χ0n) is 16.1. The van der Waals surface area contributed by atoms with Gasteiger partial charge in [0, 0.05) is 25.4 Å². The van der Waals surface area contributed by atoms with Crippen LogP contribution in [0.15, 0.2) is 24.5 Å². The summed E-state index contributed by atoms with van der Waals surface area (Å²) < 4.78 is 0. The number of ketones is 1. The summed E-state index contributed by atoms with van der Waals surface area (Å²) in [6.07, 6.45) is 13.0. The van der Waals surface area contributed by atoms with Crippen LogP contribution in [0.2, 0.25) is 0 Å². The Morgan fingerprint density at radius 2 is 1.92 bits per heavy atom. The summed E-state index contributed by atoms with van der Waals surface area (Å²) in [5, 5.41) is 2.87. The smallest absolute Gasteiger partial charge is 0.287 e. The third kappa shape index (κ3) is 6.87. The summed E-state index contributed by atoms with van der Waals surface area (Å²) in [6.45, 7) is 4.69. The van der Waals surface area contributed by atoms with Gasteiger partial charge in [-0.25, -0.2) is 0 Å². The Morgan fingerprint density at radius 3 is 2.62 bits per heavy atom. The summed E-state index contributed by atoms with van der Waals surface area (Å²) in [7, 11) is 0. The SMILES string of the molecule is CCCCCCCC(=O)C(=O)NCC(c1cccnc1)N1CCCCC1. The molecule has 1 amide bonds. The molecule has 0 aromatic carbocycles. The monoisotopic (exact) mass is 359 g/mol. The highest BCUT2D eigenvalue weighted by Gasteiger charge is 2.24. The molecule has 1 aromatic rings. The molecule has 2 heterocycles. The first kappa shape index (κ1) is 20.6. The van der Waals surface area contributed by atoms with Crippen LogP contribution in [0, 0.1) is 0 Å². The fourth-order valence-electron chi connectivity index (χ4n) is 3.55. The van der Waals surface area contributed by atoms with Crippen molar-refractivity contribution >= 4 is 11.7 Å². The summed E-state index contributed by atoms with van der Waals surface area (Å²) in [5.74, 6) is -0.725. The van der Waals surface area contributed by atoms with E-state index in [0.717, 1.165) is 37.9 Å². The predicted octanol–water partition coefficient (Wildman–Crippen LogP) is 3.65. The number of carbonyl (C=O) groups is 2. The fourth-order valence-corrected chi connectivity index (χ4v) is 3.55. The Hall–Kier alpha value is -1.75. The standard InChI is InChI=1S/C21H33N3O2/c1-2-3-4-5-7-12-20(25)21(26)23-17-19(18-11-10-13-22-16-18)24-14-8-6-9-15-24/h10-11,13,16,19H,2-9,12,14-15,17H2,1H3,(H,23,26). The Kier molecular flexibility index (Phi) is 9.32. The molecule has 0 saturated carbocycles. The summed E-state index contributed by atoms with van der Waals surface area (Å²) in [5.41, 5.74) is 1.10. The topological polar surface area (TPSA) is 62.3 Å². The van der Waals surface area contributed by atoms with E-state index in [4.69, 9.17) is 0 Å². The number of Topliss-reactive ketones (excluding diaryl/α,β-unsaturated/α-hetero) is 1. The fraction of sp³-hybridized carbons (Fsp3) is 0.667. The number of likely N-dealkylation sites (tertiary alicyclic amines) is 1. The quantitative estimate of drug-likeness (QED) is 0.484. The molecule has 144 valence electrons. The van der Waals surface area contributed by atoms with Gasteiger partial charge in [-0.3, -0.25) is 19.5 Å². The number of piperidine rings is 1. The van der Waals surface area contributed by atoms with Gasteiger partial charge in [-0.2, -0.15) is 0 Å². The molecule has 0 spiro atoms. The van der Waals surface area contributed by atoms with E-state index in [9.17, 15) is 9.59 Å². The lowest BCUT2D eigenvalue weighted by Gasteiger charge is -2.34. The van der Waals surface area contributed by atoms with E-state index in [1.165, 1.54) is 32.1 Å². The van der Waals surface area contributed by atoms with Gasteiger partial charge in [-0.15, -0.1) is 0 Å². The Morgan fingerprint density at radius 1 is 1.15 bits per heavy atom. The van der Waals surface area contributed by atoms with E-state index in [2.05, 4.69) is 22.1 Å². The second-order valence-corrected chi connectivity index (χ2v) is 7.20. The first-order valence-corrected chi connectivity index (χ1v) is 10.2. The van der Waals surface area contributed by atoms with E-state index < -0.39 is 5.91 Å². The van der Waals surface area contributed by atoms with Crippen LogP contribution in [0.4, 0.5) is 0 Å². The minimum absolute atomic E-state index is 0.0882. The van der Waals surface area contributed by atoms with E-state index in [-0.39, 0.29) is 11.8 Å². The van der Waals surface area contributed by atoms with Gasteiger partial charge in [0.25, 0.3) is 5.91 Å². The zero-order chi connectivity index (χ0) is 18.6. The van der Waals surface area contributed by atoms with Gasteiger partial charge in [0.15, 0.2) is 0 Å². The molecule has 1 unspecified atom stereocenters. The Bertz CT molecular complexity index is 541. The van der Waals surface area contributed by atoms with Crippen LogP contribution in [0.1, 0.15) is 76.3 Å². The first-order chi connectivity index (χ1) is 12.7. The van der Waals surface area contributed by atoms with Crippen molar-refractivity contribution < 1.29 is 9.59 Å². The predicted molar refractivity (Wildman–Crippen MR) is 104 cm³/mol. The molecule has 1 aliphatic heterocycles. The Balaban J connectivity index is 1.84. The number of hydrogen-bond donors (Lipinski definition) is 1. The third-order valence-electron chi connectivity index (χ3n) is 5.12. The van der Waals surface area contributed by atoms with Gasteiger partial charge in [-0.05, 0) is 44.0 Å². The van der Waals surface area contributed by atoms with Crippen LogP contribution >= 0.6 is 0 Å². The molecule has 1 saturated heterocycles. The van der Waals surface area contributed by atoms with E-state index in [1.807, 2.05) is 18.3 Å². The molecule has 1 N–H and O–H groups in total. The molecular formula is C21H33N3O2. The van der Waals surface area contributed by atoms with Gasteiger partial charge in [0.2, 0.25) is 5.78 Å². The molecular weight excluding hydrogens is 326 g/mol. The van der Waals surface area contributed by atoms with Crippen LogP contribution < -0.4 is 5.32 Å². The third-order valence-corrected chi connectivity index (χ3v) is 5.12. The van der Waals surface area contributed by atoms with Crippen molar-refractivity contribution in [3.05, 3.63) is 30.1 Å².